The molecule has 0 unspecified atom stereocenters. The van der Waals surface area contributed by atoms with Crippen LogP contribution in [0.1, 0.15) is 24.2 Å². The minimum Gasteiger partial charge on any atom is -0.481 e. The van der Waals surface area contributed by atoms with E-state index in [0.29, 0.717) is 5.69 Å². The summed E-state index contributed by atoms with van der Waals surface area (Å²) in [6.07, 6.45) is 0. The Kier molecular flexibility index (Phi) is 1.94. The molecule has 1 heterocycles. The second-order valence-corrected chi connectivity index (χ2v) is 2.54. The number of nitrogens with one attached hydrogen (secondary N) is 1. The summed E-state index contributed by atoms with van der Waals surface area (Å²) in [5.74, 6) is -1.38. The number of aromatic nitrogens is 2. The van der Waals surface area contributed by atoms with Gasteiger partial charge in [0.25, 0.3) is 0 Å². The Bertz CT molecular complexity index is 267. The molecule has 0 radical (unpaired) electrons. The molecule has 1 atom stereocenters. The molecule has 1 rings (SSSR count). The first-order chi connectivity index (χ1) is 5.11. The zero-order chi connectivity index (χ0) is 8.43. The Morgan fingerprint density at radius 1 is 1.82 bits per heavy atom. The maximum atomic E-state index is 10.5. The second kappa shape index (κ2) is 2.74. The largest absolute Gasteiger partial charge is 0.481 e. The summed E-state index contributed by atoms with van der Waals surface area (Å²) in [5, 5.41) is 15.1. The molecule has 4 heteroatoms. The van der Waals surface area contributed by atoms with Crippen molar-refractivity contribution in [2.45, 2.75) is 19.8 Å². The third-order valence-corrected chi connectivity index (χ3v) is 1.54. The van der Waals surface area contributed by atoms with Crippen LogP contribution >= 0.6 is 0 Å². The van der Waals surface area contributed by atoms with Crippen molar-refractivity contribution < 1.29 is 9.90 Å². The van der Waals surface area contributed by atoms with Crippen LogP contribution in [-0.2, 0) is 4.79 Å². The number of aryl methyl sites for hydroxylation is 1. The van der Waals surface area contributed by atoms with Gasteiger partial charge in [-0.1, -0.05) is 0 Å². The summed E-state index contributed by atoms with van der Waals surface area (Å²) in [5.41, 5.74) is 1.46. The number of carboxylic acid groups (broad SMARTS) is 1. The number of H-pyrrole nitrogens is 1. The van der Waals surface area contributed by atoms with Gasteiger partial charge in [0, 0.05) is 5.69 Å². The Balaban J connectivity index is 2.84. The minimum atomic E-state index is -0.850. The highest BCUT2D eigenvalue weighted by molar-refractivity contribution is 5.74. The summed E-state index contributed by atoms with van der Waals surface area (Å²) >= 11 is 0. The van der Waals surface area contributed by atoms with Crippen LogP contribution in [0.2, 0.25) is 0 Å². The van der Waals surface area contributed by atoms with E-state index < -0.39 is 11.9 Å². The molecule has 0 aliphatic rings. The van der Waals surface area contributed by atoms with Gasteiger partial charge in [-0.2, -0.15) is 5.10 Å². The summed E-state index contributed by atoms with van der Waals surface area (Å²) in [6.45, 7) is 3.45. The molecular formula is C7H10N2O2. The summed E-state index contributed by atoms with van der Waals surface area (Å²) in [4.78, 5) is 10.5. The molecule has 0 fully saturated rings. The van der Waals surface area contributed by atoms with Crippen LogP contribution in [0.4, 0.5) is 0 Å². The van der Waals surface area contributed by atoms with Gasteiger partial charge in [0.05, 0.1) is 11.6 Å². The van der Waals surface area contributed by atoms with Gasteiger partial charge < -0.3 is 5.11 Å². The van der Waals surface area contributed by atoms with Crippen LogP contribution in [0.15, 0.2) is 6.07 Å². The van der Waals surface area contributed by atoms with E-state index in [1.165, 1.54) is 0 Å². The number of hydrogen-bond acceptors (Lipinski definition) is 2. The van der Waals surface area contributed by atoms with Gasteiger partial charge in [0.15, 0.2) is 0 Å². The van der Waals surface area contributed by atoms with Crippen molar-refractivity contribution in [3.63, 3.8) is 0 Å². The van der Waals surface area contributed by atoms with E-state index in [-0.39, 0.29) is 0 Å². The van der Waals surface area contributed by atoms with Gasteiger partial charge in [-0.05, 0) is 19.9 Å². The number of carbonyl (C=O) groups is 1. The van der Waals surface area contributed by atoms with E-state index in [0.717, 1.165) is 5.69 Å². The maximum Gasteiger partial charge on any atom is 0.312 e. The first-order valence-electron chi connectivity index (χ1n) is 3.36. The lowest BCUT2D eigenvalue weighted by Crippen LogP contribution is -2.07. The molecule has 60 valence electrons. The molecule has 2 N–H and O–H groups in total. The third-order valence-electron chi connectivity index (χ3n) is 1.54. The normalized spacial score (nSPS) is 12.9. The van der Waals surface area contributed by atoms with Gasteiger partial charge in [0.2, 0.25) is 0 Å². The maximum absolute atomic E-state index is 10.5. The fourth-order valence-corrected chi connectivity index (χ4v) is 0.787. The molecule has 0 aromatic carbocycles. The summed E-state index contributed by atoms with van der Waals surface area (Å²) in [7, 11) is 0. The van der Waals surface area contributed by atoms with Crippen LogP contribution in [0.5, 0.6) is 0 Å². The van der Waals surface area contributed by atoms with Crippen molar-refractivity contribution in [3.8, 4) is 0 Å². The number of hydrogen-bond donors (Lipinski definition) is 2. The molecule has 4 nitrogen and oxygen atoms in total. The van der Waals surface area contributed by atoms with Gasteiger partial charge in [-0.3, -0.25) is 9.89 Å². The van der Waals surface area contributed by atoms with Crippen molar-refractivity contribution >= 4 is 5.97 Å². The highest BCUT2D eigenvalue weighted by atomic mass is 16.4. The Labute approximate surface area is 64.2 Å². The Morgan fingerprint density at radius 3 is 2.82 bits per heavy atom. The van der Waals surface area contributed by atoms with Gasteiger partial charge in [-0.25, -0.2) is 0 Å². The van der Waals surface area contributed by atoms with Crippen molar-refractivity contribution in [3.05, 3.63) is 17.5 Å². The van der Waals surface area contributed by atoms with E-state index in [9.17, 15) is 4.79 Å². The summed E-state index contributed by atoms with van der Waals surface area (Å²) in [6, 6.07) is 1.73. The van der Waals surface area contributed by atoms with Gasteiger partial charge in [0.1, 0.15) is 0 Å². The van der Waals surface area contributed by atoms with E-state index >= 15 is 0 Å². The fourth-order valence-electron chi connectivity index (χ4n) is 0.787. The predicted molar refractivity (Wildman–Crippen MR) is 39.4 cm³/mol. The molecule has 0 bridgehead atoms. The first kappa shape index (κ1) is 7.78. The monoisotopic (exact) mass is 154 g/mol. The van der Waals surface area contributed by atoms with Crippen molar-refractivity contribution in [2.24, 2.45) is 0 Å². The molecule has 0 spiro atoms. The standard InChI is InChI=1S/C7H10N2O2/c1-4-3-6(9-8-4)5(2)7(10)11/h3,5H,1-2H3,(H,8,9)(H,10,11)/t5-/m0/s1. The predicted octanol–water partition coefficient (Wildman–Crippen LogP) is 0.906. The van der Waals surface area contributed by atoms with Gasteiger partial charge in [-0.15, -0.1) is 0 Å². The van der Waals surface area contributed by atoms with Crippen LogP contribution < -0.4 is 0 Å². The first-order valence-corrected chi connectivity index (χ1v) is 3.36. The van der Waals surface area contributed by atoms with Crippen molar-refractivity contribution in [2.75, 3.05) is 0 Å². The highest BCUT2D eigenvalue weighted by Crippen LogP contribution is 2.12. The molecular weight excluding hydrogens is 144 g/mol. The smallest absolute Gasteiger partial charge is 0.312 e. The number of carboxylic acids is 1. The number of aromatic amines is 1. The van der Waals surface area contributed by atoms with Crippen LogP contribution in [0.25, 0.3) is 0 Å². The van der Waals surface area contributed by atoms with Gasteiger partial charge >= 0.3 is 5.97 Å². The zero-order valence-electron chi connectivity index (χ0n) is 6.46. The quantitative estimate of drug-likeness (QED) is 0.665. The average Bonchev–Trinajstić information content (AvgIpc) is 2.34. The van der Waals surface area contributed by atoms with E-state index in [1.54, 1.807) is 13.0 Å². The minimum absolute atomic E-state index is 0.528. The molecule has 1 aromatic heterocycles. The van der Waals surface area contributed by atoms with Crippen molar-refractivity contribution in [1.29, 1.82) is 0 Å². The van der Waals surface area contributed by atoms with Crippen LogP contribution in [0.3, 0.4) is 0 Å². The van der Waals surface area contributed by atoms with E-state index in [1.807, 2.05) is 6.92 Å². The topological polar surface area (TPSA) is 66.0 Å². The van der Waals surface area contributed by atoms with Crippen molar-refractivity contribution in [1.82, 2.24) is 10.2 Å². The number of nitrogens with zero attached hydrogens (tertiary/aromatic N) is 1. The molecule has 0 aliphatic carbocycles. The molecule has 11 heavy (non-hydrogen) atoms. The second-order valence-electron chi connectivity index (χ2n) is 2.54. The Morgan fingerprint density at radius 2 is 2.45 bits per heavy atom. The lowest BCUT2D eigenvalue weighted by molar-refractivity contribution is -0.138. The lowest BCUT2D eigenvalue weighted by Gasteiger charge is -1.98. The fraction of sp³-hybridized carbons (Fsp3) is 0.429. The number of aliphatic carboxylic acids is 1. The van der Waals surface area contributed by atoms with Crippen LogP contribution in [-0.4, -0.2) is 21.3 Å². The SMILES string of the molecule is Cc1cc([C@H](C)C(=O)O)n[nH]1. The lowest BCUT2D eigenvalue weighted by atomic mass is 10.1. The number of rotatable bonds is 2. The highest BCUT2D eigenvalue weighted by Gasteiger charge is 2.15. The molecule has 0 saturated heterocycles. The van der Waals surface area contributed by atoms with E-state index in [2.05, 4.69) is 10.2 Å². The average molecular weight is 154 g/mol. The molecule has 0 aliphatic heterocycles. The molecule has 0 saturated carbocycles. The molecule has 0 amide bonds. The summed E-state index contributed by atoms with van der Waals surface area (Å²) < 4.78 is 0. The molecule has 1 aromatic rings. The van der Waals surface area contributed by atoms with E-state index in [4.69, 9.17) is 5.11 Å². The Hall–Kier alpha value is -1.32. The van der Waals surface area contributed by atoms with Crippen LogP contribution in [0, 0.1) is 6.92 Å². The zero-order valence-corrected chi connectivity index (χ0v) is 6.46. The third kappa shape index (κ3) is 1.58.